The first-order chi connectivity index (χ1) is 7.79. The van der Waals surface area contributed by atoms with Crippen LogP contribution < -0.4 is 11.1 Å². The van der Waals surface area contributed by atoms with E-state index >= 15 is 0 Å². The van der Waals surface area contributed by atoms with Crippen LogP contribution in [0.4, 0.5) is 4.79 Å². The van der Waals surface area contributed by atoms with Gasteiger partial charge in [0.1, 0.15) is 5.60 Å². The molecule has 0 aliphatic heterocycles. The van der Waals surface area contributed by atoms with E-state index in [1.807, 2.05) is 50.7 Å². The standard InChI is InChI=1S/C12H21N3O2/c1-12(2,3)17-11(16)14-8-9(13)10-6-5-7-15(10)4/h5-7,9H,8,13H2,1-4H3,(H,14,16). The Morgan fingerprint density at radius 1 is 1.59 bits per heavy atom. The zero-order valence-corrected chi connectivity index (χ0v) is 10.9. The summed E-state index contributed by atoms with van der Waals surface area (Å²) in [5.41, 5.74) is 6.45. The summed E-state index contributed by atoms with van der Waals surface area (Å²) in [5.74, 6) is 0. The van der Waals surface area contributed by atoms with Gasteiger partial charge in [-0.2, -0.15) is 0 Å². The molecule has 3 N–H and O–H groups in total. The second-order valence-electron chi connectivity index (χ2n) is 5.03. The first-order valence-electron chi connectivity index (χ1n) is 5.63. The fraction of sp³-hybridized carbons (Fsp3) is 0.583. The van der Waals surface area contributed by atoms with Gasteiger partial charge in [0.15, 0.2) is 0 Å². The van der Waals surface area contributed by atoms with Crippen LogP contribution in [0.25, 0.3) is 0 Å². The minimum atomic E-state index is -0.487. The summed E-state index contributed by atoms with van der Waals surface area (Å²) in [6, 6.07) is 3.62. The first-order valence-corrected chi connectivity index (χ1v) is 5.63. The van der Waals surface area contributed by atoms with Gasteiger partial charge in [0.25, 0.3) is 0 Å². The van der Waals surface area contributed by atoms with E-state index in [9.17, 15) is 4.79 Å². The molecule has 0 aliphatic rings. The number of ether oxygens (including phenoxy) is 1. The van der Waals surface area contributed by atoms with Crippen molar-refractivity contribution in [2.45, 2.75) is 32.4 Å². The number of alkyl carbamates (subject to hydrolysis) is 1. The average molecular weight is 239 g/mol. The van der Waals surface area contributed by atoms with Gasteiger partial charge in [0, 0.05) is 25.5 Å². The zero-order chi connectivity index (χ0) is 13.1. The van der Waals surface area contributed by atoms with Crippen molar-refractivity contribution in [2.24, 2.45) is 12.8 Å². The molecule has 1 rings (SSSR count). The smallest absolute Gasteiger partial charge is 0.407 e. The van der Waals surface area contributed by atoms with Crippen LogP contribution in [0.3, 0.4) is 0 Å². The van der Waals surface area contributed by atoms with Gasteiger partial charge in [-0.25, -0.2) is 4.79 Å². The molecule has 96 valence electrons. The summed E-state index contributed by atoms with van der Waals surface area (Å²) >= 11 is 0. The molecule has 1 amide bonds. The Labute approximate surface area is 102 Å². The number of hydrogen-bond acceptors (Lipinski definition) is 3. The second kappa shape index (κ2) is 5.23. The van der Waals surface area contributed by atoms with Crippen LogP contribution in [0.2, 0.25) is 0 Å². The van der Waals surface area contributed by atoms with Crippen LogP contribution >= 0.6 is 0 Å². The van der Waals surface area contributed by atoms with Crippen molar-refractivity contribution in [1.29, 1.82) is 0 Å². The number of nitrogens with one attached hydrogen (secondary N) is 1. The van der Waals surface area contributed by atoms with Gasteiger partial charge in [0.2, 0.25) is 0 Å². The molecule has 0 aliphatic carbocycles. The molecule has 0 aromatic carbocycles. The average Bonchev–Trinajstić information content (AvgIpc) is 2.58. The Kier molecular flexibility index (Phi) is 4.17. The van der Waals surface area contributed by atoms with Gasteiger partial charge in [-0.05, 0) is 32.9 Å². The Morgan fingerprint density at radius 3 is 2.71 bits per heavy atom. The topological polar surface area (TPSA) is 69.3 Å². The van der Waals surface area contributed by atoms with E-state index in [4.69, 9.17) is 10.5 Å². The minimum absolute atomic E-state index is 0.234. The monoisotopic (exact) mass is 239 g/mol. The number of rotatable bonds is 3. The summed E-state index contributed by atoms with van der Waals surface area (Å²) in [6.07, 6.45) is 1.48. The number of aromatic nitrogens is 1. The van der Waals surface area contributed by atoms with E-state index < -0.39 is 11.7 Å². The molecule has 1 unspecified atom stereocenters. The summed E-state index contributed by atoms with van der Waals surface area (Å²) in [7, 11) is 1.92. The first kappa shape index (κ1) is 13.6. The molecular weight excluding hydrogens is 218 g/mol. The molecule has 1 atom stereocenters. The molecule has 0 spiro atoms. The van der Waals surface area contributed by atoms with E-state index in [2.05, 4.69) is 5.32 Å². The van der Waals surface area contributed by atoms with Crippen LogP contribution in [0, 0.1) is 0 Å². The number of amides is 1. The molecule has 17 heavy (non-hydrogen) atoms. The Morgan fingerprint density at radius 2 is 2.24 bits per heavy atom. The molecule has 0 fully saturated rings. The molecule has 1 heterocycles. The minimum Gasteiger partial charge on any atom is -0.444 e. The number of nitrogens with zero attached hydrogens (tertiary/aromatic N) is 1. The van der Waals surface area contributed by atoms with Gasteiger partial charge >= 0.3 is 6.09 Å². The highest BCUT2D eigenvalue weighted by molar-refractivity contribution is 5.67. The lowest BCUT2D eigenvalue weighted by atomic mass is 10.2. The summed E-state index contributed by atoms with van der Waals surface area (Å²) < 4.78 is 7.06. The summed E-state index contributed by atoms with van der Waals surface area (Å²) in [5, 5.41) is 2.65. The molecule has 1 aromatic rings. The van der Waals surface area contributed by atoms with Gasteiger partial charge in [-0.3, -0.25) is 0 Å². The lowest BCUT2D eigenvalue weighted by molar-refractivity contribution is 0.0524. The maximum absolute atomic E-state index is 11.4. The van der Waals surface area contributed by atoms with Crippen LogP contribution in [-0.2, 0) is 11.8 Å². The molecular formula is C12H21N3O2. The normalized spacial score (nSPS) is 13.2. The molecule has 5 nitrogen and oxygen atoms in total. The summed E-state index contributed by atoms with van der Waals surface area (Å²) in [6.45, 7) is 5.82. The molecule has 0 radical (unpaired) electrons. The number of hydrogen-bond donors (Lipinski definition) is 2. The molecule has 0 saturated carbocycles. The zero-order valence-electron chi connectivity index (χ0n) is 10.9. The van der Waals surface area contributed by atoms with Crippen LogP contribution in [-0.4, -0.2) is 22.8 Å². The van der Waals surface area contributed by atoms with Crippen LogP contribution in [0.5, 0.6) is 0 Å². The van der Waals surface area contributed by atoms with Gasteiger partial charge in [-0.15, -0.1) is 0 Å². The van der Waals surface area contributed by atoms with Crippen molar-refractivity contribution in [3.05, 3.63) is 24.0 Å². The third kappa shape index (κ3) is 4.48. The van der Waals surface area contributed by atoms with E-state index in [0.717, 1.165) is 5.69 Å². The number of nitrogens with two attached hydrogens (primary N) is 1. The highest BCUT2D eigenvalue weighted by Crippen LogP contribution is 2.10. The number of carbonyl (C=O) groups is 1. The quantitative estimate of drug-likeness (QED) is 0.840. The molecule has 5 heteroatoms. The Bertz CT molecular complexity index is 379. The highest BCUT2D eigenvalue weighted by Gasteiger charge is 2.17. The maximum atomic E-state index is 11.4. The predicted octanol–water partition coefficient (Wildman–Crippen LogP) is 1.55. The Hall–Kier alpha value is -1.49. The predicted molar refractivity (Wildman–Crippen MR) is 66.6 cm³/mol. The van der Waals surface area contributed by atoms with Crippen molar-refractivity contribution in [3.63, 3.8) is 0 Å². The third-order valence-corrected chi connectivity index (χ3v) is 2.23. The molecule has 0 bridgehead atoms. The van der Waals surface area contributed by atoms with E-state index in [0.29, 0.717) is 6.54 Å². The van der Waals surface area contributed by atoms with E-state index in [-0.39, 0.29) is 6.04 Å². The van der Waals surface area contributed by atoms with Crippen molar-refractivity contribution >= 4 is 6.09 Å². The second-order valence-corrected chi connectivity index (χ2v) is 5.03. The SMILES string of the molecule is Cn1cccc1C(N)CNC(=O)OC(C)(C)C. The fourth-order valence-electron chi connectivity index (χ4n) is 1.47. The van der Waals surface area contributed by atoms with Gasteiger partial charge < -0.3 is 20.4 Å². The van der Waals surface area contributed by atoms with Gasteiger partial charge in [-0.1, -0.05) is 0 Å². The molecule has 1 aromatic heterocycles. The van der Waals surface area contributed by atoms with Crippen molar-refractivity contribution in [3.8, 4) is 0 Å². The largest absolute Gasteiger partial charge is 0.444 e. The van der Waals surface area contributed by atoms with Crippen LogP contribution in [0.15, 0.2) is 18.3 Å². The third-order valence-electron chi connectivity index (χ3n) is 2.23. The number of aryl methyl sites for hydroxylation is 1. The van der Waals surface area contributed by atoms with Crippen LogP contribution in [0.1, 0.15) is 32.5 Å². The number of carbonyl (C=O) groups excluding carboxylic acids is 1. The Balaban J connectivity index is 2.41. The fourth-order valence-corrected chi connectivity index (χ4v) is 1.47. The maximum Gasteiger partial charge on any atom is 0.407 e. The summed E-state index contributed by atoms with van der Waals surface area (Å²) in [4.78, 5) is 11.4. The highest BCUT2D eigenvalue weighted by atomic mass is 16.6. The van der Waals surface area contributed by atoms with Gasteiger partial charge in [0.05, 0.1) is 6.04 Å². The van der Waals surface area contributed by atoms with Crippen molar-refractivity contribution in [2.75, 3.05) is 6.54 Å². The lowest BCUT2D eigenvalue weighted by Gasteiger charge is -2.21. The molecule has 0 saturated heterocycles. The van der Waals surface area contributed by atoms with Crippen molar-refractivity contribution < 1.29 is 9.53 Å². The van der Waals surface area contributed by atoms with Crippen molar-refractivity contribution in [1.82, 2.24) is 9.88 Å². The lowest BCUT2D eigenvalue weighted by Crippen LogP contribution is -2.37. The van der Waals surface area contributed by atoms with E-state index in [1.54, 1.807) is 0 Å². The van der Waals surface area contributed by atoms with E-state index in [1.165, 1.54) is 0 Å².